The fourth-order valence-electron chi connectivity index (χ4n) is 2.54. The first-order valence-corrected chi connectivity index (χ1v) is 8.88. The lowest BCUT2D eigenvalue weighted by atomic mass is 9.94. The molecule has 0 amide bonds. The first kappa shape index (κ1) is 16.7. The summed E-state index contributed by atoms with van der Waals surface area (Å²) in [6.45, 7) is 5.76. The van der Waals surface area contributed by atoms with E-state index in [4.69, 9.17) is 5.73 Å². The Morgan fingerprint density at radius 3 is 2.62 bits per heavy atom. The van der Waals surface area contributed by atoms with Gasteiger partial charge in [0, 0.05) is 16.9 Å². The van der Waals surface area contributed by atoms with Crippen LogP contribution in [-0.4, -0.2) is 16.3 Å². The molecule has 0 aliphatic carbocycles. The van der Waals surface area contributed by atoms with Crippen molar-refractivity contribution in [2.24, 2.45) is 5.73 Å². The lowest BCUT2D eigenvalue weighted by Gasteiger charge is -2.17. The van der Waals surface area contributed by atoms with Crippen LogP contribution in [0.5, 0.6) is 0 Å². The average molecular weight is 415 g/mol. The second kappa shape index (κ2) is 7.56. The number of aryl methyl sites for hydroxylation is 2. The van der Waals surface area contributed by atoms with Crippen molar-refractivity contribution in [1.82, 2.24) is 9.78 Å². The summed E-state index contributed by atoms with van der Waals surface area (Å²) in [6, 6.07) is 8.40. The summed E-state index contributed by atoms with van der Waals surface area (Å²) in [5.74, 6) is 0.297. The molecule has 0 aliphatic rings. The van der Waals surface area contributed by atoms with E-state index in [9.17, 15) is 0 Å². The van der Waals surface area contributed by atoms with Gasteiger partial charge in [0.15, 0.2) is 0 Å². The molecule has 2 rings (SSSR count). The van der Waals surface area contributed by atoms with Gasteiger partial charge in [0.05, 0.1) is 15.9 Å². The molecule has 1 aromatic carbocycles. The van der Waals surface area contributed by atoms with Gasteiger partial charge in [-0.25, -0.2) is 0 Å². The van der Waals surface area contributed by atoms with E-state index in [0.717, 1.165) is 34.0 Å². The fraction of sp³-hybridized carbons (Fsp3) is 0.438. The predicted octanol–water partition coefficient (Wildman–Crippen LogP) is 4.28. The minimum absolute atomic E-state index is 0.297. The Balaban J connectivity index is 2.32. The third kappa shape index (κ3) is 3.76. The summed E-state index contributed by atoms with van der Waals surface area (Å²) in [6.07, 6.45) is 1.83. The topological polar surface area (TPSA) is 43.8 Å². The Bertz CT molecular complexity index is 608. The zero-order valence-electron chi connectivity index (χ0n) is 12.4. The van der Waals surface area contributed by atoms with E-state index in [2.05, 4.69) is 73.7 Å². The Morgan fingerprint density at radius 2 is 2.05 bits per heavy atom. The lowest BCUT2D eigenvalue weighted by molar-refractivity contribution is 0.580. The van der Waals surface area contributed by atoms with Crippen LogP contribution >= 0.6 is 31.9 Å². The van der Waals surface area contributed by atoms with Crippen molar-refractivity contribution in [2.45, 2.75) is 39.2 Å². The number of hydrogen-bond donors (Lipinski definition) is 1. The van der Waals surface area contributed by atoms with Gasteiger partial charge < -0.3 is 5.73 Å². The van der Waals surface area contributed by atoms with E-state index in [1.165, 1.54) is 11.3 Å². The molecule has 0 saturated heterocycles. The van der Waals surface area contributed by atoms with Crippen molar-refractivity contribution in [2.75, 3.05) is 6.54 Å². The van der Waals surface area contributed by atoms with Crippen LogP contribution in [0.4, 0.5) is 0 Å². The van der Waals surface area contributed by atoms with Crippen LogP contribution in [-0.2, 0) is 19.4 Å². The first-order valence-electron chi connectivity index (χ1n) is 7.30. The Morgan fingerprint density at radius 1 is 1.29 bits per heavy atom. The summed E-state index contributed by atoms with van der Waals surface area (Å²) < 4.78 is 4.32. The fourth-order valence-corrected chi connectivity index (χ4v) is 3.69. The van der Waals surface area contributed by atoms with Crippen LogP contribution in [0.3, 0.4) is 0 Å². The van der Waals surface area contributed by atoms with Crippen molar-refractivity contribution in [3.63, 3.8) is 0 Å². The Kier molecular flexibility index (Phi) is 6.02. The normalized spacial score (nSPS) is 12.6. The third-order valence-electron chi connectivity index (χ3n) is 3.74. The molecule has 0 aliphatic heterocycles. The Hall–Kier alpha value is -0.650. The van der Waals surface area contributed by atoms with Gasteiger partial charge in [0.1, 0.15) is 0 Å². The summed E-state index contributed by atoms with van der Waals surface area (Å²) in [5, 5.41) is 4.67. The van der Waals surface area contributed by atoms with Gasteiger partial charge in [-0.1, -0.05) is 35.0 Å². The third-order valence-corrected chi connectivity index (χ3v) is 5.15. The van der Waals surface area contributed by atoms with Crippen molar-refractivity contribution >= 4 is 31.9 Å². The molecule has 114 valence electrons. The van der Waals surface area contributed by atoms with Crippen LogP contribution in [0.2, 0.25) is 0 Å². The molecule has 2 N–H and O–H groups in total. The van der Waals surface area contributed by atoms with Gasteiger partial charge in [-0.05, 0) is 59.9 Å². The first-order chi connectivity index (χ1) is 10.1. The standard InChI is InChI=1S/C16H21Br2N3/c1-3-14-16(18)15(21(4-2)20-14)9-12(10-19)11-6-5-7-13(17)8-11/h5-8,12H,3-4,9-10,19H2,1-2H3. The molecule has 1 unspecified atom stereocenters. The van der Waals surface area contributed by atoms with Gasteiger partial charge in [-0.3, -0.25) is 4.68 Å². The van der Waals surface area contributed by atoms with Crippen LogP contribution in [0, 0.1) is 0 Å². The highest BCUT2D eigenvalue weighted by Gasteiger charge is 2.19. The average Bonchev–Trinajstić information content (AvgIpc) is 2.80. The summed E-state index contributed by atoms with van der Waals surface area (Å²) in [4.78, 5) is 0. The molecule has 0 saturated carbocycles. The molecule has 21 heavy (non-hydrogen) atoms. The molecule has 3 nitrogen and oxygen atoms in total. The molecule has 5 heteroatoms. The van der Waals surface area contributed by atoms with E-state index in [1.54, 1.807) is 0 Å². The van der Waals surface area contributed by atoms with Crippen molar-refractivity contribution in [3.8, 4) is 0 Å². The van der Waals surface area contributed by atoms with Gasteiger partial charge in [-0.15, -0.1) is 0 Å². The maximum absolute atomic E-state index is 6.02. The molecular weight excluding hydrogens is 394 g/mol. The number of hydrogen-bond acceptors (Lipinski definition) is 2. The monoisotopic (exact) mass is 413 g/mol. The van der Waals surface area contributed by atoms with E-state index in [0.29, 0.717) is 12.5 Å². The number of nitrogens with zero attached hydrogens (tertiary/aromatic N) is 2. The molecule has 0 bridgehead atoms. The van der Waals surface area contributed by atoms with Crippen molar-refractivity contribution in [3.05, 3.63) is 50.2 Å². The van der Waals surface area contributed by atoms with Gasteiger partial charge in [0.25, 0.3) is 0 Å². The number of halogens is 2. The molecular formula is C16H21Br2N3. The van der Waals surface area contributed by atoms with Crippen LogP contribution in [0.1, 0.15) is 36.7 Å². The van der Waals surface area contributed by atoms with Crippen molar-refractivity contribution < 1.29 is 0 Å². The molecule has 1 heterocycles. The van der Waals surface area contributed by atoms with Crippen LogP contribution in [0.15, 0.2) is 33.2 Å². The van der Waals surface area contributed by atoms with E-state index in [-0.39, 0.29) is 0 Å². The molecule has 0 fully saturated rings. The zero-order valence-corrected chi connectivity index (χ0v) is 15.6. The molecule has 1 aromatic heterocycles. The summed E-state index contributed by atoms with van der Waals surface area (Å²) in [7, 11) is 0. The highest BCUT2D eigenvalue weighted by atomic mass is 79.9. The predicted molar refractivity (Wildman–Crippen MR) is 94.6 cm³/mol. The second-order valence-electron chi connectivity index (χ2n) is 5.07. The summed E-state index contributed by atoms with van der Waals surface area (Å²) in [5.41, 5.74) is 9.65. The van der Waals surface area contributed by atoms with Gasteiger partial charge in [0.2, 0.25) is 0 Å². The smallest absolute Gasteiger partial charge is 0.0766 e. The maximum atomic E-state index is 6.02. The molecule has 0 radical (unpaired) electrons. The number of benzene rings is 1. The number of aromatic nitrogens is 2. The second-order valence-corrected chi connectivity index (χ2v) is 6.78. The lowest BCUT2D eigenvalue weighted by Crippen LogP contribution is -2.17. The van der Waals surface area contributed by atoms with Crippen molar-refractivity contribution in [1.29, 1.82) is 0 Å². The van der Waals surface area contributed by atoms with Gasteiger partial charge in [-0.2, -0.15) is 5.10 Å². The zero-order chi connectivity index (χ0) is 15.4. The highest BCUT2D eigenvalue weighted by molar-refractivity contribution is 9.10. The van der Waals surface area contributed by atoms with E-state index < -0.39 is 0 Å². The molecule has 0 spiro atoms. The van der Waals surface area contributed by atoms with E-state index in [1.807, 2.05) is 6.07 Å². The molecule has 2 aromatic rings. The minimum Gasteiger partial charge on any atom is -0.330 e. The SMILES string of the molecule is CCc1nn(CC)c(CC(CN)c2cccc(Br)c2)c1Br. The van der Waals surface area contributed by atoms with Crippen LogP contribution in [0.25, 0.3) is 0 Å². The summed E-state index contributed by atoms with van der Waals surface area (Å²) >= 11 is 7.25. The number of rotatable bonds is 6. The largest absolute Gasteiger partial charge is 0.330 e. The van der Waals surface area contributed by atoms with Gasteiger partial charge >= 0.3 is 0 Å². The van der Waals surface area contributed by atoms with Crippen LogP contribution < -0.4 is 5.73 Å². The Labute approximate surface area is 143 Å². The quantitative estimate of drug-likeness (QED) is 0.766. The highest BCUT2D eigenvalue weighted by Crippen LogP contribution is 2.29. The minimum atomic E-state index is 0.297. The van der Waals surface area contributed by atoms with E-state index >= 15 is 0 Å². The number of nitrogens with two attached hydrogens (primary N) is 1. The molecule has 1 atom stereocenters. The maximum Gasteiger partial charge on any atom is 0.0766 e.